The Balaban J connectivity index is 1.67. The molecule has 0 saturated carbocycles. The summed E-state index contributed by atoms with van der Waals surface area (Å²) in [5.41, 5.74) is 1.72. The lowest BCUT2D eigenvalue weighted by atomic mass is 10.1. The van der Waals surface area contributed by atoms with Crippen LogP contribution in [0, 0.1) is 0 Å². The van der Waals surface area contributed by atoms with Crippen molar-refractivity contribution in [2.75, 3.05) is 11.8 Å². The summed E-state index contributed by atoms with van der Waals surface area (Å²) in [6, 6.07) is 19.8. The lowest BCUT2D eigenvalue weighted by Crippen LogP contribution is -2.26. The lowest BCUT2D eigenvalue weighted by Gasteiger charge is -2.16. The molecule has 1 amide bonds. The van der Waals surface area contributed by atoms with Crippen LogP contribution in [0.1, 0.15) is 28.9 Å². The molecule has 0 heterocycles. The maximum absolute atomic E-state index is 12.6. The van der Waals surface area contributed by atoms with Crippen LogP contribution in [0.3, 0.4) is 0 Å². The van der Waals surface area contributed by atoms with Crippen molar-refractivity contribution >= 4 is 37.5 Å². The zero-order valence-electron chi connectivity index (χ0n) is 16.4. The van der Waals surface area contributed by atoms with Crippen molar-refractivity contribution in [3.05, 3.63) is 88.4 Å². The van der Waals surface area contributed by atoms with Gasteiger partial charge < -0.3 is 10.1 Å². The molecule has 0 radical (unpaired) electrons. The van der Waals surface area contributed by atoms with Crippen LogP contribution in [0.5, 0.6) is 5.75 Å². The van der Waals surface area contributed by atoms with Gasteiger partial charge in [-0.2, -0.15) is 0 Å². The van der Waals surface area contributed by atoms with E-state index < -0.39 is 10.0 Å². The Morgan fingerprint density at radius 1 is 1.00 bits per heavy atom. The van der Waals surface area contributed by atoms with Gasteiger partial charge in [-0.15, -0.1) is 0 Å². The van der Waals surface area contributed by atoms with E-state index in [1.54, 1.807) is 49.6 Å². The molecule has 30 heavy (non-hydrogen) atoms. The predicted molar refractivity (Wildman–Crippen MR) is 120 cm³/mol. The van der Waals surface area contributed by atoms with Gasteiger partial charge in [0.15, 0.2) is 0 Å². The summed E-state index contributed by atoms with van der Waals surface area (Å²) in [7, 11) is -2.08. The highest BCUT2D eigenvalue weighted by molar-refractivity contribution is 9.10. The number of ether oxygens (including phenoxy) is 1. The third-order valence-corrected chi connectivity index (χ3v) is 6.49. The number of nitrogens with one attached hydrogen (secondary N) is 2. The molecule has 0 spiro atoms. The third kappa shape index (κ3) is 5.20. The Hall–Kier alpha value is -2.84. The number of hydrogen-bond acceptors (Lipinski definition) is 4. The van der Waals surface area contributed by atoms with Crippen molar-refractivity contribution in [2.45, 2.75) is 17.9 Å². The van der Waals surface area contributed by atoms with Crippen molar-refractivity contribution in [3.8, 4) is 5.75 Å². The summed E-state index contributed by atoms with van der Waals surface area (Å²) in [5, 5.41) is 2.93. The van der Waals surface area contributed by atoms with Gasteiger partial charge in [0.25, 0.3) is 15.9 Å². The second kappa shape index (κ2) is 9.32. The zero-order valence-corrected chi connectivity index (χ0v) is 18.8. The molecule has 0 aliphatic carbocycles. The third-order valence-electron chi connectivity index (χ3n) is 4.48. The molecule has 3 rings (SSSR count). The monoisotopic (exact) mass is 488 g/mol. The molecule has 8 heteroatoms. The van der Waals surface area contributed by atoms with E-state index >= 15 is 0 Å². The molecule has 3 aromatic carbocycles. The second-order valence-electron chi connectivity index (χ2n) is 6.59. The number of methoxy groups -OCH3 is 1. The van der Waals surface area contributed by atoms with Crippen LogP contribution in [0.4, 0.5) is 5.69 Å². The standard InChI is InChI=1S/C22H21BrN2O4S/c1-15(17-10-13-21(29-2)20(23)14-17)24-22(26)16-8-11-18(12-9-16)25-30(27,28)19-6-4-3-5-7-19/h3-15,25H,1-2H3,(H,24,26). The van der Waals surface area contributed by atoms with Crippen LogP contribution >= 0.6 is 15.9 Å². The number of benzene rings is 3. The van der Waals surface area contributed by atoms with Gasteiger partial charge in [-0.05, 0) is 76.9 Å². The highest BCUT2D eigenvalue weighted by Gasteiger charge is 2.15. The summed E-state index contributed by atoms with van der Waals surface area (Å²) in [6.45, 7) is 1.88. The van der Waals surface area contributed by atoms with Crippen LogP contribution in [0.25, 0.3) is 0 Å². The molecule has 0 aromatic heterocycles. The molecule has 0 saturated heterocycles. The molecule has 3 aromatic rings. The number of anilines is 1. The fourth-order valence-electron chi connectivity index (χ4n) is 2.82. The Morgan fingerprint density at radius 3 is 2.27 bits per heavy atom. The number of halogens is 1. The number of carbonyl (C=O) groups excluding carboxylic acids is 1. The first kappa shape index (κ1) is 21.9. The van der Waals surface area contributed by atoms with E-state index in [1.165, 1.54) is 12.1 Å². The first-order chi connectivity index (χ1) is 14.3. The molecular formula is C22H21BrN2O4S. The van der Waals surface area contributed by atoms with Gasteiger partial charge in [0.05, 0.1) is 22.5 Å². The Kier molecular flexibility index (Phi) is 6.79. The summed E-state index contributed by atoms with van der Waals surface area (Å²) >= 11 is 3.44. The van der Waals surface area contributed by atoms with Crippen molar-refractivity contribution in [1.29, 1.82) is 0 Å². The minimum absolute atomic E-state index is 0.172. The zero-order chi connectivity index (χ0) is 21.7. The van der Waals surface area contributed by atoms with Gasteiger partial charge in [-0.25, -0.2) is 8.42 Å². The average Bonchev–Trinajstić information content (AvgIpc) is 2.74. The normalized spacial score (nSPS) is 12.1. The maximum atomic E-state index is 12.6. The van der Waals surface area contributed by atoms with Crippen molar-refractivity contribution in [3.63, 3.8) is 0 Å². The molecule has 2 N–H and O–H groups in total. The van der Waals surface area contributed by atoms with E-state index in [-0.39, 0.29) is 16.8 Å². The maximum Gasteiger partial charge on any atom is 0.261 e. The van der Waals surface area contributed by atoms with E-state index in [9.17, 15) is 13.2 Å². The first-order valence-corrected chi connectivity index (χ1v) is 11.4. The second-order valence-corrected chi connectivity index (χ2v) is 9.12. The fraction of sp³-hybridized carbons (Fsp3) is 0.136. The van der Waals surface area contributed by atoms with Gasteiger partial charge in [-0.3, -0.25) is 9.52 Å². The van der Waals surface area contributed by atoms with E-state index in [1.807, 2.05) is 25.1 Å². The molecule has 0 aliphatic rings. The molecular weight excluding hydrogens is 468 g/mol. The van der Waals surface area contributed by atoms with Crippen molar-refractivity contribution in [2.24, 2.45) is 0 Å². The smallest absolute Gasteiger partial charge is 0.261 e. The lowest BCUT2D eigenvalue weighted by molar-refractivity contribution is 0.0940. The van der Waals surface area contributed by atoms with Crippen LogP contribution < -0.4 is 14.8 Å². The number of rotatable bonds is 7. The van der Waals surface area contributed by atoms with Gasteiger partial charge in [0.1, 0.15) is 5.75 Å². The summed E-state index contributed by atoms with van der Waals surface area (Å²) < 4.78 is 33.3. The van der Waals surface area contributed by atoms with Crippen LogP contribution in [-0.2, 0) is 10.0 Å². The minimum atomic E-state index is -3.68. The predicted octanol–water partition coefficient (Wildman–Crippen LogP) is 4.75. The minimum Gasteiger partial charge on any atom is -0.496 e. The first-order valence-electron chi connectivity index (χ1n) is 9.12. The molecule has 0 fully saturated rings. The Bertz CT molecular complexity index is 1130. The SMILES string of the molecule is COc1ccc(C(C)NC(=O)c2ccc(NS(=O)(=O)c3ccccc3)cc2)cc1Br. The number of amides is 1. The van der Waals surface area contributed by atoms with E-state index in [4.69, 9.17) is 4.74 Å². The van der Waals surface area contributed by atoms with Gasteiger partial charge >= 0.3 is 0 Å². The number of hydrogen-bond donors (Lipinski definition) is 2. The van der Waals surface area contributed by atoms with Crippen molar-refractivity contribution in [1.82, 2.24) is 5.32 Å². The van der Waals surface area contributed by atoms with Gasteiger partial charge in [-0.1, -0.05) is 24.3 Å². The average molecular weight is 489 g/mol. The highest BCUT2D eigenvalue weighted by Crippen LogP contribution is 2.28. The molecule has 0 aliphatic heterocycles. The molecule has 156 valence electrons. The fourth-order valence-corrected chi connectivity index (χ4v) is 4.46. The van der Waals surface area contributed by atoms with Crippen LogP contribution in [0.15, 0.2) is 82.2 Å². The summed E-state index contributed by atoms with van der Waals surface area (Å²) in [6.07, 6.45) is 0. The number of sulfonamides is 1. The molecule has 6 nitrogen and oxygen atoms in total. The molecule has 0 bridgehead atoms. The summed E-state index contributed by atoms with van der Waals surface area (Å²) in [4.78, 5) is 12.7. The van der Waals surface area contributed by atoms with Crippen molar-refractivity contribution < 1.29 is 17.9 Å². The highest BCUT2D eigenvalue weighted by atomic mass is 79.9. The molecule has 1 atom stereocenters. The quantitative estimate of drug-likeness (QED) is 0.502. The Labute approximate surface area is 184 Å². The van der Waals surface area contributed by atoms with E-state index in [0.29, 0.717) is 17.0 Å². The van der Waals surface area contributed by atoms with Crippen LogP contribution in [-0.4, -0.2) is 21.4 Å². The van der Waals surface area contributed by atoms with E-state index in [2.05, 4.69) is 26.0 Å². The van der Waals surface area contributed by atoms with Gasteiger partial charge in [0, 0.05) is 11.3 Å². The number of carbonyl (C=O) groups is 1. The largest absolute Gasteiger partial charge is 0.496 e. The van der Waals surface area contributed by atoms with E-state index in [0.717, 1.165) is 10.0 Å². The molecule has 1 unspecified atom stereocenters. The van der Waals surface area contributed by atoms with Gasteiger partial charge in [0.2, 0.25) is 0 Å². The summed E-state index contributed by atoms with van der Waals surface area (Å²) in [5.74, 6) is 0.456. The topological polar surface area (TPSA) is 84.5 Å². The Morgan fingerprint density at radius 2 is 1.67 bits per heavy atom. The van der Waals surface area contributed by atoms with Crippen LogP contribution in [0.2, 0.25) is 0 Å².